The molecule has 0 aromatic heterocycles. The van der Waals surface area contributed by atoms with Gasteiger partial charge in [-0.25, -0.2) is 4.79 Å². The fraction of sp³-hybridized carbons (Fsp3) is 0.909. The second-order valence-corrected chi connectivity index (χ2v) is 4.66. The van der Waals surface area contributed by atoms with E-state index < -0.39 is 0 Å². The molecule has 1 aliphatic carbocycles. The van der Waals surface area contributed by atoms with E-state index in [2.05, 4.69) is 5.32 Å². The lowest BCUT2D eigenvalue weighted by Crippen LogP contribution is -2.47. The standard InChI is InChI=1S/C11H22N2O2/c1-8(2)13(3)11(15)12-9-4-6-10(14)7-5-9/h8-10,14H,4-7H2,1-3H3,(H,12,15). The summed E-state index contributed by atoms with van der Waals surface area (Å²) in [7, 11) is 1.80. The molecular weight excluding hydrogens is 192 g/mol. The van der Waals surface area contributed by atoms with E-state index in [0.717, 1.165) is 25.7 Å². The van der Waals surface area contributed by atoms with Crippen LogP contribution >= 0.6 is 0 Å². The van der Waals surface area contributed by atoms with Crippen molar-refractivity contribution in [2.24, 2.45) is 0 Å². The van der Waals surface area contributed by atoms with Crippen LogP contribution in [0.25, 0.3) is 0 Å². The van der Waals surface area contributed by atoms with Crippen molar-refractivity contribution < 1.29 is 9.90 Å². The molecule has 0 aliphatic heterocycles. The summed E-state index contributed by atoms with van der Waals surface area (Å²) in [6.07, 6.45) is 3.21. The first-order chi connectivity index (χ1) is 7.00. The van der Waals surface area contributed by atoms with Gasteiger partial charge >= 0.3 is 6.03 Å². The summed E-state index contributed by atoms with van der Waals surface area (Å²) < 4.78 is 0. The van der Waals surface area contributed by atoms with Gasteiger partial charge in [0.05, 0.1) is 6.10 Å². The molecule has 0 aromatic carbocycles. The van der Waals surface area contributed by atoms with Crippen LogP contribution in [0.1, 0.15) is 39.5 Å². The van der Waals surface area contributed by atoms with Crippen LogP contribution in [-0.4, -0.2) is 41.3 Å². The molecule has 0 radical (unpaired) electrons. The highest BCUT2D eigenvalue weighted by atomic mass is 16.3. The number of aliphatic hydroxyl groups excluding tert-OH is 1. The number of nitrogens with zero attached hydrogens (tertiary/aromatic N) is 1. The Morgan fingerprint density at radius 2 is 1.87 bits per heavy atom. The molecule has 0 heterocycles. The SMILES string of the molecule is CC(C)N(C)C(=O)NC1CCC(O)CC1. The van der Waals surface area contributed by atoms with Gasteiger partial charge in [-0.1, -0.05) is 0 Å². The third kappa shape index (κ3) is 3.70. The summed E-state index contributed by atoms with van der Waals surface area (Å²) in [6, 6.07) is 0.452. The van der Waals surface area contributed by atoms with E-state index in [1.807, 2.05) is 13.8 Å². The van der Waals surface area contributed by atoms with Crippen molar-refractivity contribution in [2.75, 3.05) is 7.05 Å². The van der Waals surface area contributed by atoms with Crippen molar-refractivity contribution >= 4 is 6.03 Å². The summed E-state index contributed by atoms with van der Waals surface area (Å²) in [5.74, 6) is 0. The largest absolute Gasteiger partial charge is 0.393 e. The van der Waals surface area contributed by atoms with Crippen LogP contribution in [0, 0.1) is 0 Å². The van der Waals surface area contributed by atoms with E-state index in [1.165, 1.54) is 0 Å². The lowest BCUT2D eigenvalue weighted by atomic mass is 9.93. The predicted octanol–water partition coefficient (Wildman–Crippen LogP) is 1.34. The van der Waals surface area contributed by atoms with Gasteiger partial charge in [0.2, 0.25) is 0 Å². The van der Waals surface area contributed by atoms with Crippen molar-refractivity contribution in [3.05, 3.63) is 0 Å². The predicted molar refractivity (Wildman–Crippen MR) is 59.7 cm³/mol. The van der Waals surface area contributed by atoms with E-state index in [0.29, 0.717) is 0 Å². The number of rotatable bonds is 2. The van der Waals surface area contributed by atoms with Gasteiger partial charge in [0.1, 0.15) is 0 Å². The van der Waals surface area contributed by atoms with Gasteiger partial charge in [-0.2, -0.15) is 0 Å². The molecule has 0 unspecified atom stereocenters. The number of hydrogen-bond donors (Lipinski definition) is 2. The number of nitrogens with one attached hydrogen (secondary N) is 1. The molecule has 15 heavy (non-hydrogen) atoms. The van der Waals surface area contributed by atoms with Crippen LogP contribution in [-0.2, 0) is 0 Å². The third-order valence-corrected chi connectivity index (χ3v) is 3.12. The second-order valence-electron chi connectivity index (χ2n) is 4.66. The number of carbonyl (C=O) groups excluding carboxylic acids is 1. The van der Waals surface area contributed by atoms with E-state index >= 15 is 0 Å². The molecule has 1 rings (SSSR count). The fourth-order valence-corrected chi connectivity index (χ4v) is 1.73. The highest BCUT2D eigenvalue weighted by molar-refractivity contribution is 5.74. The quantitative estimate of drug-likeness (QED) is 0.729. The maximum Gasteiger partial charge on any atom is 0.317 e. The lowest BCUT2D eigenvalue weighted by molar-refractivity contribution is 0.115. The van der Waals surface area contributed by atoms with Crippen molar-refractivity contribution in [2.45, 2.75) is 57.7 Å². The van der Waals surface area contributed by atoms with E-state index in [-0.39, 0.29) is 24.2 Å². The Morgan fingerprint density at radius 3 is 2.33 bits per heavy atom. The number of carbonyl (C=O) groups is 1. The van der Waals surface area contributed by atoms with Crippen LogP contribution in [0.15, 0.2) is 0 Å². The van der Waals surface area contributed by atoms with Crippen molar-refractivity contribution in [1.29, 1.82) is 0 Å². The second kappa shape index (κ2) is 5.35. The summed E-state index contributed by atoms with van der Waals surface area (Å²) in [5, 5.41) is 12.3. The van der Waals surface area contributed by atoms with Crippen LogP contribution in [0.4, 0.5) is 4.79 Å². The van der Waals surface area contributed by atoms with E-state index in [9.17, 15) is 9.90 Å². The molecule has 2 amide bonds. The van der Waals surface area contributed by atoms with Crippen molar-refractivity contribution in [3.8, 4) is 0 Å². The zero-order valence-corrected chi connectivity index (χ0v) is 9.86. The maximum absolute atomic E-state index is 11.7. The van der Waals surface area contributed by atoms with Gasteiger partial charge in [0, 0.05) is 19.1 Å². The highest BCUT2D eigenvalue weighted by Gasteiger charge is 2.22. The number of amides is 2. The highest BCUT2D eigenvalue weighted by Crippen LogP contribution is 2.18. The summed E-state index contributed by atoms with van der Waals surface area (Å²) in [5.41, 5.74) is 0. The zero-order chi connectivity index (χ0) is 11.4. The van der Waals surface area contributed by atoms with Gasteiger partial charge in [-0.3, -0.25) is 0 Å². The first-order valence-electron chi connectivity index (χ1n) is 5.72. The topological polar surface area (TPSA) is 52.6 Å². The molecule has 2 N–H and O–H groups in total. The van der Waals surface area contributed by atoms with Crippen molar-refractivity contribution in [3.63, 3.8) is 0 Å². The van der Waals surface area contributed by atoms with Gasteiger partial charge in [0.25, 0.3) is 0 Å². The Morgan fingerprint density at radius 1 is 1.33 bits per heavy atom. The average molecular weight is 214 g/mol. The molecule has 1 fully saturated rings. The smallest absolute Gasteiger partial charge is 0.317 e. The monoisotopic (exact) mass is 214 g/mol. The molecule has 0 aromatic rings. The summed E-state index contributed by atoms with van der Waals surface area (Å²) in [6.45, 7) is 3.98. The van der Waals surface area contributed by atoms with Gasteiger partial charge in [0.15, 0.2) is 0 Å². The number of urea groups is 1. The molecular formula is C11H22N2O2. The van der Waals surface area contributed by atoms with Gasteiger partial charge < -0.3 is 15.3 Å². The minimum atomic E-state index is -0.166. The molecule has 0 bridgehead atoms. The van der Waals surface area contributed by atoms with Gasteiger partial charge in [-0.15, -0.1) is 0 Å². The van der Waals surface area contributed by atoms with E-state index in [1.54, 1.807) is 11.9 Å². The number of hydrogen-bond acceptors (Lipinski definition) is 2. The molecule has 1 saturated carbocycles. The Kier molecular flexibility index (Phi) is 4.39. The first kappa shape index (κ1) is 12.3. The van der Waals surface area contributed by atoms with Crippen LogP contribution in [0.5, 0.6) is 0 Å². The fourth-order valence-electron chi connectivity index (χ4n) is 1.73. The molecule has 4 heteroatoms. The Bertz CT molecular complexity index is 211. The summed E-state index contributed by atoms with van der Waals surface area (Å²) >= 11 is 0. The average Bonchev–Trinajstić information content (AvgIpc) is 2.20. The molecule has 0 spiro atoms. The zero-order valence-electron chi connectivity index (χ0n) is 9.86. The van der Waals surface area contributed by atoms with E-state index in [4.69, 9.17) is 0 Å². The third-order valence-electron chi connectivity index (χ3n) is 3.12. The molecule has 0 saturated heterocycles. The Balaban J connectivity index is 2.32. The lowest BCUT2D eigenvalue weighted by Gasteiger charge is -2.29. The maximum atomic E-state index is 11.7. The molecule has 88 valence electrons. The molecule has 4 nitrogen and oxygen atoms in total. The Hall–Kier alpha value is -0.770. The van der Waals surface area contributed by atoms with Crippen LogP contribution in [0.2, 0.25) is 0 Å². The van der Waals surface area contributed by atoms with Crippen LogP contribution in [0.3, 0.4) is 0 Å². The summed E-state index contributed by atoms with van der Waals surface area (Å²) in [4.78, 5) is 13.4. The van der Waals surface area contributed by atoms with Crippen LogP contribution < -0.4 is 5.32 Å². The number of aliphatic hydroxyl groups is 1. The molecule has 1 aliphatic rings. The van der Waals surface area contributed by atoms with Gasteiger partial charge in [-0.05, 0) is 39.5 Å². The minimum Gasteiger partial charge on any atom is -0.393 e. The Labute approximate surface area is 91.6 Å². The molecule has 0 atom stereocenters. The normalized spacial score (nSPS) is 26.5. The van der Waals surface area contributed by atoms with Crippen molar-refractivity contribution in [1.82, 2.24) is 10.2 Å². The minimum absolute atomic E-state index is 0.00797. The first-order valence-corrected chi connectivity index (χ1v) is 5.72.